The summed E-state index contributed by atoms with van der Waals surface area (Å²) in [5.41, 5.74) is 1.73. The molecule has 152 valence electrons. The molecule has 0 aliphatic carbocycles. The van der Waals surface area contributed by atoms with Crippen molar-refractivity contribution in [3.05, 3.63) is 89.5 Å². The molecular formula is C24H20O6. The van der Waals surface area contributed by atoms with Gasteiger partial charge in [-0.3, -0.25) is 4.79 Å². The van der Waals surface area contributed by atoms with Crippen LogP contribution in [0.15, 0.2) is 72.8 Å². The zero-order chi connectivity index (χ0) is 20.8. The van der Waals surface area contributed by atoms with Gasteiger partial charge in [-0.1, -0.05) is 36.4 Å². The van der Waals surface area contributed by atoms with Gasteiger partial charge in [-0.15, -0.1) is 0 Å². The zero-order valence-electron chi connectivity index (χ0n) is 16.2. The van der Waals surface area contributed by atoms with Crippen molar-refractivity contribution in [1.82, 2.24) is 0 Å². The molecule has 0 aromatic heterocycles. The lowest BCUT2D eigenvalue weighted by Crippen LogP contribution is -2.17. The van der Waals surface area contributed by atoms with Crippen LogP contribution in [0.25, 0.3) is 0 Å². The molecule has 0 radical (unpaired) electrons. The highest BCUT2D eigenvalue weighted by molar-refractivity contribution is 5.99. The van der Waals surface area contributed by atoms with Crippen molar-refractivity contribution in [2.24, 2.45) is 0 Å². The molecule has 0 saturated heterocycles. The summed E-state index contributed by atoms with van der Waals surface area (Å²) in [5.74, 6) is 0.748. The predicted molar refractivity (Wildman–Crippen MR) is 109 cm³/mol. The van der Waals surface area contributed by atoms with E-state index in [-0.39, 0.29) is 12.4 Å². The Morgan fingerprint density at radius 2 is 1.60 bits per heavy atom. The van der Waals surface area contributed by atoms with Gasteiger partial charge in [0.2, 0.25) is 0 Å². The van der Waals surface area contributed by atoms with Crippen LogP contribution in [-0.4, -0.2) is 31.6 Å². The number of Topliss-reactive ketones (excluding diaryl/α,β-unsaturated/α-hetero) is 1. The number of benzene rings is 3. The molecule has 6 heteroatoms. The first-order valence-corrected chi connectivity index (χ1v) is 9.56. The van der Waals surface area contributed by atoms with E-state index in [9.17, 15) is 9.59 Å². The Hall–Kier alpha value is -3.80. The van der Waals surface area contributed by atoms with Crippen LogP contribution in [0, 0.1) is 0 Å². The molecule has 1 aliphatic heterocycles. The van der Waals surface area contributed by atoms with E-state index in [2.05, 4.69) is 0 Å². The standard InChI is InChI=1S/C24H20O6/c25-21(18-9-10-22-23(14-18)28-12-11-27-22)16-30-24(26)19-7-4-8-20(13-19)29-15-17-5-2-1-3-6-17/h1-10,13-14H,11-12,15-16H2. The molecule has 0 N–H and O–H groups in total. The molecule has 1 heterocycles. The zero-order valence-corrected chi connectivity index (χ0v) is 16.2. The average Bonchev–Trinajstić information content (AvgIpc) is 2.81. The lowest BCUT2D eigenvalue weighted by Gasteiger charge is -2.18. The van der Waals surface area contributed by atoms with Crippen molar-refractivity contribution in [3.63, 3.8) is 0 Å². The van der Waals surface area contributed by atoms with Crippen LogP contribution in [0.2, 0.25) is 0 Å². The fraction of sp³-hybridized carbons (Fsp3) is 0.167. The highest BCUT2D eigenvalue weighted by Crippen LogP contribution is 2.30. The topological polar surface area (TPSA) is 71.1 Å². The minimum absolute atomic E-state index is 0.315. The molecule has 1 aliphatic rings. The van der Waals surface area contributed by atoms with E-state index >= 15 is 0 Å². The minimum Gasteiger partial charge on any atom is -0.489 e. The highest BCUT2D eigenvalue weighted by Gasteiger charge is 2.17. The fourth-order valence-electron chi connectivity index (χ4n) is 2.97. The Morgan fingerprint density at radius 3 is 2.43 bits per heavy atom. The monoisotopic (exact) mass is 404 g/mol. The Kier molecular flexibility index (Phi) is 5.94. The maximum absolute atomic E-state index is 12.4. The van der Waals surface area contributed by atoms with Crippen LogP contribution < -0.4 is 14.2 Å². The van der Waals surface area contributed by atoms with Crippen molar-refractivity contribution >= 4 is 11.8 Å². The smallest absolute Gasteiger partial charge is 0.338 e. The Bertz CT molecular complexity index is 1040. The summed E-state index contributed by atoms with van der Waals surface area (Å²) in [6.07, 6.45) is 0. The molecule has 0 fully saturated rings. The largest absolute Gasteiger partial charge is 0.489 e. The van der Waals surface area contributed by atoms with Crippen molar-refractivity contribution in [1.29, 1.82) is 0 Å². The van der Waals surface area contributed by atoms with Gasteiger partial charge in [0.15, 0.2) is 23.9 Å². The second-order valence-electron chi connectivity index (χ2n) is 6.66. The second kappa shape index (κ2) is 9.13. The third kappa shape index (κ3) is 4.78. The third-order valence-electron chi connectivity index (χ3n) is 4.52. The van der Waals surface area contributed by atoms with Gasteiger partial charge in [-0.25, -0.2) is 4.79 Å². The molecule has 3 aromatic carbocycles. The summed E-state index contributed by atoms with van der Waals surface area (Å²) in [4.78, 5) is 24.8. The van der Waals surface area contributed by atoms with Crippen LogP contribution >= 0.6 is 0 Å². The first-order valence-electron chi connectivity index (χ1n) is 9.56. The molecule has 0 spiro atoms. The van der Waals surface area contributed by atoms with Gasteiger partial charge in [0.1, 0.15) is 25.6 Å². The van der Waals surface area contributed by atoms with E-state index in [4.69, 9.17) is 18.9 Å². The number of ether oxygens (including phenoxy) is 4. The van der Waals surface area contributed by atoms with Crippen molar-refractivity contribution in [2.45, 2.75) is 6.61 Å². The highest BCUT2D eigenvalue weighted by atomic mass is 16.6. The number of ketones is 1. The number of hydrogen-bond donors (Lipinski definition) is 0. The van der Waals surface area contributed by atoms with Gasteiger partial charge in [0.05, 0.1) is 5.56 Å². The number of carbonyl (C=O) groups is 2. The first kappa shape index (κ1) is 19.5. The maximum Gasteiger partial charge on any atom is 0.338 e. The molecule has 0 saturated carbocycles. The summed E-state index contributed by atoms with van der Waals surface area (Å²) in [6, 6.07) is 21.3. The average molecular weight is 404 g/mol. The molecule has 30 heavy (non-hydrogen) atoms. The lowest BCUT2D eigenvalue weighted by atomic mass is 10.1. The van der Waals surface area contributed by atoms with Crippen LogP contribution in [0.4, 0.5) is 0 Å². The Morgan fingerprint density at radius 1 is 0.800 bits per heavy atom. The van der Waals surface area contributed by atoms with E-state index in [1.54, 1.807) is 42.5 Å². The number of esters is 1. The lowest BCUT2D eigenvalue weighted by molar-refractivity contribution is 0.0474. The SMILES string of the molecule is O=C(COC(=O)c1cccc(OCc2ccccc2)c1)c1ccc2c(c1)OCCO2. The van der Waals surface area contributed by atoms with Gasteiger partial charge in [-0.2, -0.15) is 0 Å². The molecule has 0 amide bonds. The van der Waals surface area contributed by atoms with Crippen LogP contribution in [0.5, 0.6) is 17.2 Å². The summed E-state index contributed by atoms with van der Waals surface area (Å²) in [5, 5.41) is 0. The quantitative estimate of drug-likeness (QED) is 0.437. The van der Waals surface area contributed by atoms with Gasteiger partial charge in [-0.05, 0) is 42.0 Å². The summed E-state index contributed by atoms with van der Waals surface area (Å²) in [7, 11) is 0. The number of fused-ring (bicyclic) bond motifs is 1. The number of hydrogen-bond acceptors (Lipinski definition) is 6. The molecule has 0 bridgehead atoms. The van der Waals surface area contributed by atoms with E-state index in [1.807, 2.05) is 30.3 Å². The Balaban J connectivity index is 1.34. The van der Waals surface area contributed by atoms with E-state index in [0.29, 0.717) is 48.2 Å². The van der Waals surface area contributed by atoms with Gasteiger partial charge in [0, 0.05) is 5.56 Å². The summed E-state index contributed by atoms with van der Waals surface area (Å²) >= 11 is 0. The van der Waals surface area contributed by atoms with Crippen molar-refractivity contribution in [3.8, 4) is 17.2 Å². The third-order valence-corrected chi connectivity index (χ3v) is 4.52. The maximum atomic E-state index is 12.4. The second-order valence-corrected chi connectivity index (χ2v) is 6.66. The summed E-state index contributed by atoms with van der Waals surface area (Å²) in [6.45, 7) is 0.934. The normalized spacial score (nSPS) is 12.1. The van der Waals surface area contributed by atoms with Crippen LogP contribution in [-0.2, 0) is 11.3 Å². The van der Waals surface area contributed by atoms with E-state index in [1.165, 1.54) is 0 Å². The molecule has 6 nitrogen and oxygen atoms in total. The van der Waals surface area contributed by atoms with E-state index in [0.717, 1.165) is 5.56 Å². The van der Waals surface area contributed by atoms with Crippen LogP contribution in [0.3, 0.4) is 0 Å². The number of rotatable bonds is 7. The molecule has 0 atom stereocenters. The minimum atomic E-state index is -0.592. The Labute approximate surface area is 174 Å². The molecular weight excluding hydrogens is 384 g/mol. The fourth-order valence-corrected chi connectivity index (χ4v) is 2.97. The van der Waals surface area contributed by atoms with Crippen LogP contribution in [0.1, 0.15) is 26.3 Å². The van der Waals surface area contributed by atoms with Gasteiger partial charge < -0.3 is 18.9 Å². The molecule has 4 rings (SSSR count). The van der Waals surface area contributed by atoms with Gasteiger partial charge >= 0.3 is 5.97 Å². The number of carbonyl (C=O) groups excluding carboxylic acids is 2. The van der Waals surface area contributed by atoms with Crippen molar-refractivity contribution in [2.75, 3.05) is 19.8 Å². The predicted octanol–water partition coefficient (Wildman–Crippen LogP) is 4.08. The van der Waals surface area contributed by atoms with E-state index < -0.39 is 5.97 Å². The molecule has 0 unspecified atom stereocenters. The van der Waals surface area contributed by atoms with Gasteiger partial charge in [0.25, 0.3) is 0 Å². The summed E-state index contributed by atoms with van der Waals surface area (Å²) < 4.78 is 21.8. The first-order chi connectivity index (χ1) is 14.7. The molecule has 3 aromatic rings. The van der Waals surface area contributed by atoms with Crippen molar-refractivity contribution < 1.29 is 28.5 Å².